The summed E-state index contributed by atoms with van der Waals surface area (Å²) in [5, 5.41) is 6.68. The number of amides is 2. The number of piperidine rings is 1. The Kier molecular flexibility index (Phi) is 7.34. The molecule has 33 heavy (non-hydrogen) atoms. The lowest BCUT2D eigenvalue weighted by molar-refractivity contribution is -0.132. The van der Waals surface area contributed by atoms with Crippen molar-refractivity contribution in [1.82, 2.24) is 20.4 Å². The summed E-state index contributed by atoms with van der Waals surface area (Å²) >= 11 is 0. The van der Waals surface area contributed by atoms with E-state index in [1.165, 1.54) is 0 Å². The number of nitrogens with one attached hydrogen (secondary N) is 1. The first-order valence-corrected chi connectivity index (χ1v) is 11.2. The Labute approximate surface area is 192 Å². The topological polar surface area (TPSA) is 97.6 Å². The molecule has 4 rings (SSSR count). The van der Waals surface area contributed by atoms with Gasteiger partial charge in [0.05, 0.1) is 0 Å². The number of alkyl carbamates (subject to hydrolysis) is 1. The number of ether oxygens (including phenoxy) is 1. The van der Waals surface area contributed by atoms with Crippen molar-refractivity contribution in [3.63, 3.8) is 0 Å². The summed E-state index contributed by atoms with van der Waals surface area (Å²) in [6.45, 7) is 3.37. The SMILES string of the molecule is Cc1ccccc1-c1noc(CC2CCCN(C(=O)CNC(=O)OCc3ccccc3)C2)n1. The van der Waals surface area contributed by atoms with Crippen LogP contribution in [0, 0.1) is 12.8 Å². The second kappa shape index (κ2) is 10.8. The maximum atomic E-state index is 12.6. The van der Waals surface area contributed by atoms with Crippen molar-refractivity contribution in [3.05, 3.63) is 71.6 Å². The number of hydrogen-bond donors (Lipinski definition) is 1. The first kappa shape index (κ1) is 22.5. The first-order valence-electron chi connectivity index (χ1n) is 11.2. The summed E-state index contributed by atoms with van der Waals surface area (Å²) < 4.78 is 10.6. The Morgan fingerprint density at radius 3 is 2.76 bits per heavy atom. The van der Waals surface area contributed by atoms with E-state index in [4.69, 9.17) is 9.26 Å². The lowest BCUT2D eigenvalue weighted by Gasteiger charge is -2.32. The minimum atomic E-state index is -0.602. The van der Waals surface area contributed by atoms with Gasteiger partial charge in [0, 0.05) is 25.1 Å². The Balaban J connectivity index is 1.24. The maximum absolute atomic E-state index is 12.6. The Morgan fingerprint density at radius 2 is 1.94 bits per heavy atom. The van der Waals surface area contributed by atoms with Crippen LogP contribution in [-0.2, 0) is 22.6 Å². The van der Waals surface area contributed by atoms with Crippen molar-refractivity contribution in [2.75, 3.05) is 19.6 Å². The van der Waals surface area contributed by atoms with Crippen LogP contribution < -0.4 is 5.32 Å². The Morgan fingerprint density at radius 1 is 1.15 bits per heavy atom. The van der Waals surface area contributed by atoms with Gasteiger partial charge in [-0.2, -0.15) is 4.98 Å². The lowest BCUT2D eigenvalue weighted by atomic mass is 9.94. The monoisotopic (exact) mass is 448 g/mol. The van der Waals surface area contributed by atoms with Crippen LogP contribution in [0.15, 0.2) is 59.1 Å². The second-order valence-electron chi connectivity index (χ2n) is 8.29. The highest BCUT2D eigenvalue weighted by molar-refractivity contribution is 5.82. The van der Waals surface area contributed by atoms with Gasteiger partial charge in [-0.3, -0.25) is 4.79 Å². The highest BCUT2D eigenvalue weighted by Crippen LogP contribution is 2.23. The molecule has 0 radical (unpaired) electrons. The van der Waals surface area contributed by atoms with Crippen molar-refractivity contribution >= 4 is 12.0 Å². The van der Waals surface area contributed by atoms with Crippen LogP contribution in [0.3, 0.4) is 0 Å². The van der Waals surface area contributed by atoms with E-state index in [9.17, 15) is 9.59 Å². The van der Waals surface area contributed by atoms with Crippen molar-refractivity contribution in [2.24, 2.45) is 5.92 Å². The molecular weight excluding hydrogens is 420 g/mol. The largest absolute Gasteiger partial charge is 0.445 e. The van der Waals surface area contributed by atoms with E-state index in [1.807, 2.05) is 61.5 Å². The zero-order valence-electron chi connectivity index (χ0n) is 18.7. The molecule has 8 nitrogen and oxygen atoms in total. The van der Waals surface area contributed by atoms with E-state index >= 15 is 0 Å². The summed E-state index contributed by atoms with van der Waals surface area (Å²) in [6.07, 6.45) is 1.90. The van der Waals surface area contributed by atoms with Crippen LogP contribution in [-0.4, -0.2) is 46.7 Å². The molecule has 1 aliphatic heterocycles. The molecule has 2 heterocycles. The van der Waals surface area contributed by atoms with Gasteiger partial charge in [0.15, 0.2) is 0 Å². The average Bonchev–Trinajstić information content (AvgIpc) is 3.30. The molecule has 1 atom stereocenters. The molecule has 1 unspecified atom stereocenters. The van der Waals surface area contributed by atoms with Gasteiger partial charge >= 0.3 is 6.09 Å². The molecule has 1 aliphatic rings. The molecule has 0 bridgehead atoms. The highest BCUT2D eigenvalue weighted by Gasteiger charge is 2.26. The maximum Gasteiger partial charge on any atom is 0.407 e. The summed E-state index contributed by atoms with van der Waals surface area (Å²) in [5.74, 6) is 1.28. The van der Waals surface area contributed by atoms with Gasteiger partial charge in [0.1, 0.15) is 13.2 Å². The second-order valence-corrected chi connectivity index (χ2v) is 8.29. The van der Waals surface area contributed by atoms with Crippen LogP contribution >= 0.6 is 0 Å². The summed E-state index contributed by atoms with van der Waals surface area (Å²) in [7, 11) is 0. The number of benzene rings is 2. The molecule has 3 aromatic rings. The first-order chi connectivity index (χ1) is 16.1. The number of hydrogen-bond acceptors (Lipinski definition) is 6. The van der Waals surface area contributed by atoms with E-state index in [1.54, 1.807) is 4.90 Å². The predicted molar refractivity (Wildman–Crippen MR) is 122 cm³/mol. The fourth-order valence-electron chi connectivity index (χ4n) is 4.01. The number of carbonyl (C=O) groups excluding carboxylic acids is 2. The molecule has 8 heteroatoms. The summed E-state index contributed by atoms with van der Waals surface area (Å²) in [4.78, 5) is 30.9. The minimum Gasteiger partial charge on any atom is -0.445 e. The van der Waals surface area contributed by atoms with Gasteiger partial charge in [-0.25, -0.2) is 4.79 Å². The van der Waals surface area contributed by atoms with E-state index in [0.29, 0.717) is 31.2 Å². The van der Waals surface area contributed by atoms with E-state index in [2.05, 4.69) is 15.5 Å². The predicted octanol–water partition coefficient (Wildman–Crippen LogP) is 3.75. The number of nitrogens with zero attached hydrogens (tertiary/aromatic N) is 3. The molecule has 0 spiro atoms. The molecule has 2 amide bonds. The van der Waals surface area contributed by atoms with E-state index < -0.39 is 6.09 Å². The van der Waals surface area contributed by atoms with Gasteiger partial charge in [-0.15, -0.1) is 0 Å². The smallest absolute Gasteiger partial charge is 0.407 e. The van der Waals surface area contributed by atoms with Crippen LogP contribution in [0.4, 0.5) is 4.79 Å². The van der Waals surface area contributed by atoms with E-state index in [-0.39, 0.29) is 25.0 Å². The molecule has 1 fully saturated rings. The molecular formula is C25H28N4O4. The molecule has 1 aromatic heterocycles. The summed E-state index contributed by atoms with van der Waals surface area (Å²) in [6, 6.07) is 17.3. The third-order valence-electron chi connectivity index (χ3n) is 5.79. The minimum absolute atomic E-state index is 0.0850. The standard InChI is InChI=1S/C25H28N4O4/c1-18-8-5-6-12-21(18)24-27-22(33-28-24)14-20-11-7-13-29(16-20)23(30)15-26-25(31)32-17-19-9-3-2-4-10-19/h2-6,8-10,12,20H,7,11,13-17H2,1H3,(H,26,31). The lowest BCUT2D eigenvalue weighted by Crippen LogP contribution is -2.45. The molecule has 0 aliphatic carbocycles. The van der Waals surface area contributed by atoms with Gasteiger partial charge in [0.25, 0.3) is 0 Å². The fourth-order valence-corrected chi connectivity index (χ4v) is 4.01. The molecule has 0 saturated carbocycles. The summed E-state index contributed by atoms with van der Waals surface area (Å²) in [5.41, 5.74) is 2.94. The third-order valence-corrected chi connectivity index (χ3v) is 5.79. The third kappa shape index (κ3) is 6.19. The Bertz CT molecular complexity index is 1080. The molecule has 1 N–H and O–H groups in total. The van der Waals surface area contributed by atoms with Crippen LogP contribution in [0.1, 0.15) is 29.9 Å². The van der Waals surface area contributed by atoms with Gasteiger partial charge in [-0.05, 0) is 36.8 Å². The normalized spacial score (nSPS) is 15.8. The molecule has 2 aromatic carbocycles. The van der Waals surface area contributed by atoms with Crippen molar-refractivity contribution in [1.29, 1.82) is 0 Å². The molecule has 172 valence electrons. The van der Waals surface area contributed by atoms with Crippen LogP contribution in [0.2, 0.25) is 0 Å². The number of likely N-dealkylation sites (tertiary alicyclic amines) is 1. The number of rotatable bonds is 7. The van der Waals surface area contributed by atoms with Crippen LogP contribution in [0.25, 0.3) is 11.4 Å². The zero-order chi connectivity index (χ0) is 23.0. The quantitative estimate of drug-likeness (QED) is 0.591. The van der Waals surface area contributed by atoms with Crippen molar-refractivity contribution < 1.29 is 18.8 Å². The van der Waals surface area contributed by atoms with Gasteiger partial charge in [-0.1, -0.05) is 59.8 Å². The average molecular weight is 449 g/mol. The number of aryl methyl sites for hydroxylation is 1. The van der Waals surface area contributed by atoms with Crippen molar-refractivity contribution in [3.8, 4) is 11.4 Å². The fraction of sp³-hybridized carbons (Fsp3) is 0.360. The van der Waals surface area contributed by atoms with Gasteiger partial charge < -0.3 is 19.5 Å². The van der Waals surface area contributed by atoms with E-state index in [0.717, 1.165) is 29.5 Å². The molecule has 1 saturated heterocycles. The zero-order valence-corrected chi connectivity index (χ0v) is 18.7. The number of aromatic nitrogens is 2. The van der Waals surface area contributed by atoms with Crippen LogP contribution in [0.5, 0.6) is 0 Å². The number of carbonyl (C=O) groups is 2. The van der Waals surface area contributed by atoms with Gasteiger partial charge in [0.2, 0.25) is 17.6 Å². The van der Waals surface area contributed by atoms with Crippen molar-refractivity contribution in [2.45, 2.75) is 32.8 Å². The highest BCUT2D eigenvalue weighted by atomic mass is 16.5. The Hall–Kier alpha value is -3.68.